The van der Waals surface area contributed by atoms with E-state index in [-0.39, 0.29) is 11.5 Å². The van der Waals surface area contributed by atoms with Crippen LogP contribution >= 0.6 is 0 Å². The van der Waals surface area contributed by atoms with Crippen molar-refractivity contribution in [3.63, 3.8) is 0 Å². The molecule has 0 radical (unpaired) electrons. The molecular weight excluding hydrogens is 422 g/mol. The minimum absolute atomic E-state index is 0.128. The van der Waals surface area contributed by atoms with E-state index in [1.807, 2.05) is 68.4 Å². The predicted molar refractivity (Wildman–Crippen MR) is 140 cm³/mol. The Morgan fingerprint density at radius 1 is 0.912 bits per heavy atom. The number of benzene rings is 3. The fourth-order valence-corrected chi connectivity index (χ4v) is 4.22. The molecule has 1 heterocycles. The first-order valence-electron chi connectivity index (χ1n) is 11.8. The highest BCUT2D eigenvalue weighted by atomic mass is 16.2. The van der Waals surface area contributed by atoms with E-state index < -0.39 is 0 Å². The van der Waals surface area contributed by atoms with E-state index in [2.05, 4.69) is 29.3 Å². The molecule has 1 N–H and O–H groups in total. The van der Waals surface area contributed by atoms with Crippen molar-refractivity contribution in [3.8, 4) is 5.69 Å². The van der Waals surface area contributed by atoms with Crippen molar-refractivity contribution in [3.05, 3.63) is 106 Å². The third-order valence-electron chi connectivity index (χ3n) is 6.33. The van der Waals surface area contributed by atoms with Gasteiger partial charge in [0.05, 0.1) is 5.56 Å². The number of anilines is 1. The third-order valence-corrected chi connectivity index (χ3v) is 6.33. The van der Waals surface area contributed by atoms with Gasteiger partial charge in [0.25, 0.3) is 11.5 Å². The van der Waals surface area contributed by atoms with Crippen molar-refractivity contribution < 1.29 is 4.79 Å². The molecule has 5 heteroatoms. The van der Waals surface area contributed by atoms with Crippen LogP contribution in [0, 0.1) is 13.8 Å². The van der Waals surface area contributed by atoms with E-state index in [0.717, 1.165) is 36.3 Å². The number of nitrogens with zero attached hydrogens (tertiary/aromatic N) is 2. The van der Waals surface area contributed by atoms with Crippen LogP contribution in [0.3, 0.4) is 0 Å². The van der Waals surface area contributed by atoms with Crippen molar-refractivity contribution in [2.75, 3.05) is 24.5 Å². The van der Waals surface area contributed by atoms with Gasteiger partial charge in [0, 0.05) is 48.0 Å². The summed E-state index contributed by atoms with van der Waals surface area (Å²) in [6, 6.07) is 23.5. The van der Waals surface area contributed by atoms with E-state index in [9.17, 15) is 9.59 Å². The zero-order chi connectivity index (χ0) is 24.1. The summed E-state index contributed by atoms with van der Waals surface area (Å²) in [5, 5.41) is 4.27. The lowest BCUT2D eigenvalue weighted by atomic mass is 10.1. The Morgan fingerprint density at radius 2 is 1.62 bits per heavy atom. The molecule has 0 spiro atoms. The summed E-state index contributed by atoms with van der Waals surface area (Å²) < 4.78 is 1.58. The van der Waals surface area contributed by atoms with Gasteiger partial charge < -0.3 is 10.2 Å². The summed E-state index contributed by atoms with van der Waals surface area (Å²) in [6.07, 6.45) is 2.50. The zero-order valence-electron chi connectivity index (χ0n) is 20.0. The number of hydrogen-bond donors (Lipinski definition) is 1. The van der Waals surface area contributed by atoms with Gasteiger partial charge in [0.1, 0.15) is 0 Å². The number of para-hydroxylation sites is 1. The molecule has 0 aliphatic rings. The Balaban J connectivity index is 1.56. The predicted octanol–water partition coefficient (Wildman–Crippen LogP) is 5.25. The van der Waals surface area contributed by atoms with Gasteiger partial charge in [0.15, 0.2) is 0 Å². The number of aromatic nitrogens is 1. The van der Waals surface area contributed by atoms with Gasteiger partial charge in [-0.3, -0.25) is 14.2 Å². The number of amides is 1. The van der Waals surface area contributed by atoms with Crippen LogP contribution in [-0.4, -0.2) is 30.1 Å². The summed E-state index contributed by atoms with van der Waals surface area (Å²) in [6.45, 7) is 8.51. The molecule has 0 fully saturated rings. The van der Waals surface area contributed by atoms with Gasteiger partial charge in [-0.15, -0.1) is 0 Å². The summed E-state index contributed by atoms with van der Waals surface area (Å²) in [7, 11) is 0. The van der Waals surface area contributed by atoms with E-state index in [1.165, 1.54) is 5.69 Å². The van der Waals surface area contributed by atoms with Crippen molar-refractivity contribution in [2.45, 2.75) is 27.2 Å². The minimum atomic E-state index is -0.170. The molecule has 0 saturated heterocycles. The van der Waals surface area contributed by atoms with Crippen LogP contribution in [0.5, 0.6) is 0 Å². The smallest absolute Gasteiger partial charge is 0.262 e. The SMILES string of the molecule is CCN(CCCNC(=O)c1cn(-c2ccc(C)c(C)c2)c(=O)c2ccccc12)c1ccccc1. The first-order chi connectivity index (χ1) is 16.5. The molecule has 34 heavy (non-hydrogen) atoms. The number of carbonyl (C=O) groups excluding carboxylic acids is 1. The first kappa shape index (κ1) is 23.3. The lowest BCUT2D eigenvalue weighted by molar-refractivity contribution is 0.0954. The van der Waals surface area contributed by atoms with Gasteiger partial charge in [-0.2, -0.15) is 0 Å². The number of aryl methyl sites for hydroxylation is 2. The van der Waals surface area contributed by atoms with Crippen molar-refractivity contribution >= 4 is 22.4 Å². The van der Waals surface area contributed by atoms with Crippen LogP contribution < -0.4 is 15.8 Å². The minimum Gasteiger partial charge on any atom is -0.372 e. The third kappa shape index (κ3) is 4.88. The van der Waals surface area contributed by atoms with Crippen LogP contribution in [-0.2, 0) is 0 Å². The molecule has 0 atom stereocenters. The Morgan fingerprint density at radius 3 is 2.32 bits per heavy atom. The van der Waals surface area contributed by atoms with Crippen molar-refractivity contribution in [1.29, 1.82) is 0 Å². The summed E-state index contributed by atoms with van der Waals surface area (Å²) in [4.78, 5) is 28.7. The first-order valence-corrected chi connectivity index (χ1v) is 11.8. The molecule has 1 amide bonds. The Kier molecular flexibility index (Phi) is 7.12. The molecule has 0 aliphatic heterocycles. The number of carbonyl (C=O) groups is 1. The fourth-order valence-electron chi connectivity index (χ4n) is 4.22. The van der Waals surface area contributed by atoms with E-state index >= 15 is 0 Å². The highest BCUT2D eigenvalue weighted by molar-refractivity contribution is 6.06. The second kappa shape index (κ2) is 10.4. The second-order valence-electron chi connectivity index (χ2n) is 8.56. The number of nitrogens with one attached hydrogen (secondary N) is 1. The summed E-state index contributed by atoms with van der Waals surface area (Å²) in [5.74, 6) is -0.170. The second-order valence-corrected chi connectivity index (χ2v) is 8.56. The Bertz CT molecular complexity index is 1360. The highest BCUT2D eigenvalue weighted by Crippen LogP contribution is 2.19. The molecule has 0 saturated carbocycles. The number of hydrogen-bond acceptors (Lipinski definition) is 3. The number of fused-ring (bicyclic) bond motifs is 1. The normalized spacial score (nSPS) is 10.9. The largest absolute Gasteiger partial charge is 0.372 e. The molecule has 3 aromatic carbocycles. The van der Waals surface area contributed by atoms with Gasteiger partial charge in [-0.1, -0.05) is 42.5 Å². The fraction of sp³-hybridized carbons (Fsp3) is 0.241. The van der Waals surface area contributed by atoms with Crippen LogP contribution in [0.25, 0.3) is 16.5 Å². The van der Waals surface area contributed by atoms with Gasteiger partial charge in [-0.05, 0) is 68.7 Å². The average Bonchev–Trinajstić information content (AvgIpc) is 2.86. The molecule has 4 aromatic rings. The van der Waals surface area contributed by atoms with Crippen LogP contribution in [0.4, 0.5) is 5.69 Å². The van der Waals surface area contributed by atoms with Crippen LogP contribution in [0.2, 0.25) is 0 Å². The van der Waals surface area contributed by atoms with E-state index in [4.69, 9.17) is 0 Å². The zero-order valence-corrected chi connectivity index (χ0v) is 20.0. The van der Waals surface area contributed by atoms with Gasteiger partial charge in [-0.25, -0.2) is 0 Å². The maximum absolute atomic E-state index is 13.2. The topological polar surface area (TPSA) is 54.3 Å². The quantitative estimate of drug-likeness (QED) is 0.371. The molecule has 0 unspecified atom stereocenters. The molecule has 5 nitrogen and oxygen atoms in total. The molecule has 174 valence electrons. The summed E-state index contributed by atoms with van der Waals surface area (Å²) >= 11 is 0. The van der Waals surface area contributed by atoms with E-state index in [0.29, 0.717) is 22.9 Å². The lowest BCUT2D eigenvalue weighted by Crippen LogP contribution is -2.31. The monoisotopic (exact) mass is 453 g/mol. The van der Waals surface area contributed by atoms with Gasteiger partial charge in [0.2, 0.25) is 0 Å². The van der Waals surface area contributed by atoms with E-state index in [1.54, 1.807) is 16.8 Å². The lowest BCUT2D eigenvalue weighted by Gasteiger charge is -2.23. The van der Waals surface area contributed by atoms with Crippen LogP contribution in [0.1, 0.15) is 34.8 Å². The standard InChI is InChI=1S/C29H31N3O2/c1-4-31(23-11-6-5-7-12-23)18-10-17-30-28(33)27-20-32(24-16-15-21(2)22(3)19-24)29(34)26-14-9-8-13-25(26)27/h5-9,11-16,19-20H,4,10,17-18H2,1-3H3,(H,30,33). The van der Waals surface area contributed by atoms with Crippen LogP contribution in [0.15, 0.2) is 83.8 Å². The Hall–Kier alpha value is -3.86. The molecule has 1 aromatic heterocycles. The summed E-state index contributed by atoms with van der Waals surface area (Å²) in [5.41, 5.74) is 4.58. The van der Waals surface area contributed by atoms with Crippen molar-refractivity contribution in [2.24, 2.45) is 0 Å². The molecule has 4 rings (SSSR count). The highest BCUT2D eigenvalue weighted by Gasteiger charge is 2.16. The maximum Gasteiger partial charge on any atom is 0.262 e. The number of pyridine rings is 1. The molecule has 0 bridgehead atoms. The number of rotatable bonds is 8. The van der Waals surface area contributed by atoms with Crippen molar-refractivity contribution in [1.82, 2.24) is 9.88 Å². The van der Waals surface area contributed by atoms with Gasteiger partial charge >= 0.3 is 0 Å². The maximum atomic E-state index is 13.2. The molecule has 0 aliphatic carbocycles. The average molecular weight is 454 g/mol. The Labute approximate surface area is 200 Å². The molecular formula is C29H31N3O2.